The largest absolute Gasteiger partial charge is 0.452 e. The van der Waals surface area contributed by atoms with Crippen LogP contribution in [0.15, 0.2) is 39.5 Å². The molecule has 1 N–H and O–H groups in total. The van der Waals surface area contributed by atoms with Crippen LogP contribution >= 0.6 is 0 Å². The van der Waals surface area contributed by atoms with Crippen molar-refractivity contribution in [3.05, 3.63) is 40.6 Å². The SMILES string of the molecule is O=c1cc(-c2nn[nH]n2)oc2ccccc12. The summed E-state index contributed by atoms with van der Waals surface area (Å²) in [6.45, 7) is 0. The molecule has 2 aromatic heterocycles. The molecule has 2 heterocycles. The van der Waals surface area contributed by atoms with Gasteiger partial charge >= 0.3 is 0 Å². The average molecular weight is 214 g/mol. The van der Waals surface area contributed by atoms with Gasteiger partial charge in [-0.1, -0.05) is 12.1 Å². The molecule has 0 bridgehead atoms. The van der Waals surface area contributed by atoms with Gasteiger partial charge in [0.15, 0.2) is 11.2 Å². The highest BCUT2D eigenvalue weighted by Gasteiger charge is 2.09. The number of H-pyrrole nitrogens is 1. The Morgan fingerprint density at radius 3 is 2.94 bits per heavy atom. The van der Waals surface area contributed by atoms with Crippen LogP contribution in [-0.4, -0.2) is 20.6 Å². The number of hydrogen-bond acceptors (Lipinski definition) is 5. The van der Waals surface area contributed by atoms with Crippen molar-refractivity contribution in [3.8, 4) is 11.6 Å². The van der Waals surface area contributed by atoms with Gasteiger partial charge < -0.3 is 4.42 Å². The van der Waals surface area contributed by atoms with Gasteiger partial charge in [-0.05, 0) is 17.3 Å². The minimum atomic E-state index is -0.123. The van der Waals surface area contributed by atoms with Crippen LogP contribution in [-0.2, 0) is 0 Å². The minimum absolute atomic E-state index is 0.123. The number of para-hydroxylation sites is 1. The highest BCUT2D eigenvalue weighted by molar-refractivity contribution is 5.77. The van der Waals surface area contributed by atoms with Crippen LogP contribution in [0.5, 0.6) is 0 Å². The summed E-state index contributed by atoms with van der Waals surface area (Å²) >= 11 is 0. The monoisotopic (exact) mass is 214 g/mol. The second kappa shape index (κ2) is 3.27. The van der Waals surface area contributed by atoms with E-state index in [1.807, 2.05) is 0 Å². The first-order valence-corrected chi connectivity index (χ1v) is 4.61. The van der Waals surface area contributed by atoms with E-state index in [0.29, 0.717) is 16.7 Å². The number of aromatic nitrogens is 4. The molecule has 0 fully saturated rings. The summed E-state index contributed by atoms with van der Waals surface area (Å²) in [7, 11) is 0. The van der Waals surface area contributed by atoms with Gasteiger partial charge in [0, 0.05) is 6.07 Å². The third kappa shape index (κ3) is 1.28. The topological polar surface area (TPSA) is 84.7 Å². The molecule has 78 valence electrons. The Morgan fingerprint density at radius 2 is 2.12 bits per heavy atom. The van der Waals surface area contributed by atoms with Gasteiger partial charge in [-0.3, -0.25) is 4.79 Å². The number of aromatic amines is 1. The van der Waals surface area contributed by atoms with E-state index in [0.717, 1.165) is 0 Å². The maximum absolute atomic E-state index is 11.7. The molecular formula is C10H6N4O2. The van der Waals surface area contributed by atoms with E-state index in [4.69, 9.17) is 4.42 Å². The molecule has 1 aromatic carbocycles. The summed E-state index contributed by atoms with van der Waals surface area (Å²) in [5, 5.41) is 13.8. The standard InChI is InChI=1S/C10H6N4O2/c15-7-5-9(10-11-13-14-12-10)16-8-4-2-1-3-6(7)8/h1-5H,(H,11,12,13,14). The lowest BCUT2D eigenvalue weighted by molar-refractivity contribution is 0.613. The maximum atomic E-state index is 11.7. The predicted octanol–water partition coefficient (Wildman–Crippen LogP) is 0.973. The molecule has 0 aliphatic rings. The van der Waals surface area contributed by atoms with Crippen LogP contribution in [0.3, 0.4) is 0 Å². The fourth-order valence-corrected chi connectivity index (χ4v) is 1.48. The summed E-state index contributed by atoms with van der Waals surface area (Å²) in [5.41, 5.74) is 0.386. The number of rotatable bonds is 1. The molecule has 0 radical (unpaired) electrons. The normalized spacial score (nSPS) is 10.8. The first-order chi connectivity index (χ1) is 7.84. The van der Waals surface area contributed by atoms with Crippen LogP contribution in [0.2, 0.25) is 0 Å². The Kier molecular flexibility index (Phi) is 1.79. The van der Waals surface area contributed by atoms with E-state index in [1.165, 1.54) is 6.07 Å². The Labute approximate surface area is 88.9 Å². The molecule has 0 aliphatic heterocycles. The van der Waals surface area contributed by atoms with E-state index in [2.05, 4.69) is 20.6 Å². The van der Waals surface area contributed by atoms with Crippen LogP contribution in [0.4, 0.5) is 0 Å². The second-order valence-corrected chi connectivity index (χ2v) is 3.21. The Morgan fingerprint density at radius 1 is 1.25 bits per heavy atom. The predicted molar refractivity (Wildman–Crippen MR) is 55.7 cm³/mol. The van der Waals surface area contributed by atoms with Crippen LogP contribution in [0.25, 0.3) is 22.6 Å². The van der Waals surface area contributed by atoms with Crippen molar-refractivity contribution in [1.82, 2.24) is 20.6 Å². The third-order valence-corrected chi connectivity index (χ3v) is 2.20. The van der Waals surface area contributed by atoms with E-state index < -0.39 is 0 Å². The van der Waals surface area contributed by atoms with Crippen LogP contribution in [0.1, 0.15) is 0 Å². The zero-order valence-electron chi connectivity index (χ0n) is 8.04. The molecular weight excluding hydrogens is 208 g/mol. The third-order valence-electron chi connectivity index (χ3n) is 2.20. The Hall–Kier alpha value is -2.50. The van der Waals surface area contributed by atoms with Crippen molar-refractivity contribution in [2.24, 2.45) is 0 Å². The average Bonchev–Trinajstić information content (AvgIpc) is 2.82. The van der Waals surface area contributed by atoms with E-state index in [-0.39, 0.29) is 11.3 Å². The van der Waals surface area contributed by atoms with Crippen molar-refractivity contribution < 1.29 is 4.42 Å². The van der Waals surface area contributed by atoms with Crippen LogP contribution < -0.4 is 5.43 Å². The summed E-state index contributed by atoms with van der Waals surface area (Å²) in [6.07, 6.45) is 0. The Balaban J connectivity index is 2.34. The number of nitrogens with zero attached hydrogens (tertiary/aromatic N) is 3. The number of hydrogen-bond donors (Lipinski definition) is 1. The van der Waals surface area contributed by atoms with Crippen molar-refractivity contribution >= 4 is 11.0 Å². The molecule has 3 rings (SSSR count). The first kappa shape index (κ1) is 8.78. The van der Waals surface area contributed by atoms with E-state index >= 15 is 0 Å². The van der Waals surface area contributed by atoms with E-state index in [9.17, 15) is 4.79 Å². The number of nitrogens with one attached hydrogen (secondary N) is 1. The number of fused-ring (bicyclic) bond motifs is 1. The molecule has 0 atom stereocenters. The van der Waals surface area contributed by atoms with Gasteiger partial charge in [-0.15, -0.1) is 10.2 Å². The highest BCUT2D eigenvalue weighted by Crippen LogP contribution is 2.17. The molecule has 0 unspecified atom stereocenters. The van der Waals surface area contributed by atoms with Gasteiger partial charge in [0.05, 0.1) is 5.39 Å². The quantitative estimate of drug-likeness (QED) is 0.652. The van der Waals surface area contributed by atoms with Crippen molar-refractivity contribution in [1.29, 1.82) is 0 Å². The second-order valence-electron chi connectivity index (χ2n) is 3.21. The van der Waals surface area contributed by atoms with Gasteiger partial charge in [0.2, 0.25) is 5.82 Å². The maximum Gasteiger partial charge on any atom is 0.239 e. The molecule has 6 heteroatoms. The van der Waals surface area contributed by atoms with E-state index in [1.54, 1.807) is 24.3 Å². The smallest absolute Gasteiger partial charge is 0.239 e. The molecule has 0 aliphatic carbocycles. The Bertz CT molecular complexity index is 687. The summed E-state index contributed by atoms with van der Waals surface area (Å²) in [6, 6.07) is 8.37. The van der Waals surface area contributed by atoms with Gasteiger partial charge in [0.25, 0.3) is 0 Å². The minimum Gasteiger partial charge on any atom is -0.452 e. The lowest BCUT2D eigenvalue weighted by atomic mass is 10.2. The molecule has 0 spiro atoms. The fourth-order valence-electron chi connectivity index (χ4n) is 1.48. The molecule has 16 heavy (non-hydrogen) atoms. The van der Waals surface area contributed by atoms with Crippen molar-refractivity contribution in [2.75, 3.05) is 0 Å². The van der Waals surface area contributed by atoms with Crippen molar-refractivity contribution in [2.45, 2.75) is 0 Å². The zero-order valence-corrected chi connectivity index (χ0v) is 8.04. The molecule has 0 saturated heterocycles. The fraction of sp³-hybridized carbons (Fsp3) is 0. The van der Waals surface area contributed by atoms with Gasteiger partial charge in [-0.2, -0.15) is 5.21 Å². The van der Waals surface area contributed by atoms with Gasteiger partial charge in [-0.25, -0.2) is 0 Å². The highest BCUT2D eigenvalue weighted by atomic mass is 16.3. The molecule has 6 nitrogen and oxygen atoms in total. The number of tetrazole rings is 1. The molecule has 3 aromatic rings. The summed E-state index contributed by atoms with van der Waals surface area (Å²) < 4.78 is 5.50. The van der Waals surface area contributed by atoms with Crippen LogP contribution in [0, 0.1) is 0 Å². The lowest BCUT2D eigenvalue weighted by Gasteiger charge is -1.97. The number of benzene rings is 1. The summed E-state index contributed by atoms with van der Waals surface area (Å²) in [4.78, 5) is 11.7. The summed E-state index contributed by atoms with van der Waals surface area (Å²) in [5.74, 6) is 0.570. The molecule has 0 amide bonds. The first-order valence-electron chi connectivity index (χ1n) is 4.61. The molecule has 0 saturated carbocycles. The van der Waals surface area contributed by atoms with Crippen molar-refractivity contribution in [3.63, 3.8) is 0 Å². The van der Waals surface area contributed by atoms with Gasteiger partial charge in [0.1, 0.15) is 5.58 Å². The zero-order chi connectivity index (χ0) is 11.0. The lowest BCUT2D eigenvalue weighted by Crippen LogP contribution is -2.00.